The summed E-state index contributed by atoms with van der Waals surface area (Å²) in [5.41, 5.74) is 6.82. The molecule has 0 amide bonds. The van der Waals surface area contributed by atoms with Gasteiger partial charge in [-0.15, -0.1) is 0 Å². The van der Waals surface area contributed by atoms with Crippen molar-refractivity contribution in [2.75, 3.05) is 55.6 Å². The molecule has 0 aromatic heterocycles. The molecule has 0 atom stereocenters. The van der Waals surface area contributed by atoms with E-state index in [-0.39, 0.29) is 27.2 Å². The van der Waals surface area contributed by atoms with E-state index in [0.29, 0.717) is 23.0 Å². The minimum atomic E-state index is 0.161. The molecule has 0 saturated carbocycles. The molecule has 0 aliphatic rings. The summed E-state index contributed by atoms with van der Waals surface area (Å²) < 4.78 is 41.9. The first kappa shape index (κ1) is 35.9. The van der Waals surface area contributed by atoms with Crippen LogP contribution in [0.1, 0.15) is 33.4 Å². The monoisotopic (exact) mass is 628 g/mol. The van der Waals surface area contributed by atoms with Crippen molar-refractivity contribution in [3.8, 4) is 23.0 Å². The van der Waals surface area contributed by atoms with Crippen molar-refractivity contribution < 1.29 is 37.9 Å². The molecule has 8 heteroatoms. The molecule has 4 aromatic carbocycles. The van der Waals surface area contributed by atoms with Gasteiger partial charge in [0.25, 0.3) is 0 Å². The van der Waals surface area contributed by atoms with E-state index in [2.05, 4.69) is 74.5 Å². The highest BCUT2D eigenvalue weighted by atomic mass is 16.7. The third-order valence-electron chi connectivity index (χ3n) is 6.36. The fourth-order valence-electron chi connectivity index (χ4n) is 3.95. The highest BCUT2D eigenvalue weighted by Crippen LogP contribution is 2.30. The molecular weight excluding hydrogens is 584 g/mol. The summed E-state index contributed by atoms with van der Waals surface area (Å²) in [6.45, 7) is 4.81. The van der Waals surface area contributed by atoms with Gasteiger partial charge in [-0.25, -0.2) is 0 Å². The number of hydrogen-bond donors (Lipinski definition) is 0. The lowest BCUT2D eigenvalue weighted by molar-refractivity contribution is 0.0322. The smallest absolute Gasteiger partial charge is 0.188 e. The van der Waals surface area contributed by atoms with Crippen LogP contribution < -0.4 is 18.9 Å². The number of aryl methyl sites for hydroxylation is 2. The largest absolute Gasteiger partial charge is 0.464 e. The van der Waals surface area contributed by atoms with Gasteiger partial charge in [0, 0.05) is 28.4 Å². The van der Waals surface area contributed by atoms with Crippen LogP contribution in [0, 0.1) is 13.8 Å². The predicted molar refractivity (Wildman–Crippen MR) is 183 cm³/mol. The maximum absolute atomic E-state index is 5.56. The molecule has 0 aliphatic carbocycles. The summed E-state index contributed by atoms with van der Waals surface area (Å²) in [4.78, 5) is 0. The lowest BCUT2D eigenvalue weighted by Crippen LogP contribution is -2.04. The number of hydrogen-bond acceptors (Lipinski definition) is 8. The Balaban J connectivity index is 0.000000250. The van der Waals surface area contributed by atoms with E-state index in [1.807, 2.05) is 48.6 Å². The average molecular weight is 629 g/mol. The van der Waals surface area contributed by atoms with Gasteiger partial charge in [-0.1, -0.05) is 96.1 Å². The predicted octanol–water partition coefficient (Wildman–Crippen LogP) is 8.26. The van der Waals surface area contributed by atoms with Crippen LogP contribution in [-0.4, -0.2) is 55.6 Å². The Bertz CT molecular complexity index is 1380. The molecule has 0 bridgehead atoms. The van der Waals surface area contributed by atoms with Crippen molar-refractivity contribution in [3.05, 3.63) is 118 Å². The lowest BCUT2D eigenvalue weighted by Gasteiger charge is -2.12. The van der Waals surface area contributed by atoms with Crippen molar-refractivity contribution in [2.24, 2.45) is 0 Å². The minimum absolute atomic E-state index is 0.161. The van der Waals surface area contributed by atoms with Gasteiger partial charge in [0.15, 0.2) is 50.2 Å². The molecule has 244 valence electrons. The van der Waals surface area contributed by atoms with Gasteiger partial charge in [0.1, 0.15) is 0 Å². The molecule has 0 spiro atoms. The van der Waals surface area contributed by atoms with E-state index < -0.39 is 0 Å². The quantitative estimate of drug-likeness (QED) is 0.0907. The highest BCUT2D eigenvalue weighted by Gasteiger charge is 2.07. The zero-order chi connectivity index (χ0) is 33.0. The molecule has 4 aromatic rings. The van der Waals surface area contributed by atoms with Crippen molar-refractivity contribution >= 4 is 24.3 Å². The Morgan fingerprint density at radius 1 is 0.370 bits per heavy atom. The van der Waals surface area contributed by atoms with E-state index in [9.17, 15) is 0 Å². The molecule has 0 unspecified atom stereocenters. The third-order valence-corrected chi connectivity index (χ3v) is 6.36. The SMILES string of the molecule is COCOc1ccc(/C=C/c2ccc(C)cc2)cc1OCOC.COCOc1ccc(/C=C/c2ccc(C)cc2)cc1OCOC. The molecule has 0 fully saturated rings. The standard InChI is InChI=1S/2C19H22O4/c2*1-15-4-6-16(7-5-15)8-9-17-10-11-18(22-13-20-2)19(12-17)23-14-21-3/h2*4-12H,13-14H2,1-3H3/b2*9-8+. The molecule has 8 nitrogen and oxygen atoms in total. The van der Waals surface area contributed by atoms with Crippen LogP contribution >= 0.6 is 0 Å². The van der Waals surface area contributed by atoms with Crippen LogP contribution in [-0.2, 0) is 18.9 Å². The van der Waals surface area contributed by atoms with Crippen LogP contribution in [0.4, 0.5) is 0 Å². The van der Waals surface area contributed by atoms with Crippen LogP contribution in [0.3, 0.4) is 0 Å². The second kappa shape index (κ2) is 20.4. The van der Waals surface area contributed by atoms with Crippen molar-refractivity contribution in [1.29, 1.82) is 0 Å². The van der Waals surface area contributed by atoms with E-state index in [1.54, 1.807) is 28.4 Å². The molecule has 0 radical (unpaired) electrons. The number of benzene rings is 4. The summed E-state index contributed by atoms with van der Waals surface area (Å²) in [6, 6.07) is 28.2. The topological polar surface area (TPSA) is 73.8 Å². The second-order valence-corrected chi connectivity index (χ2v) is 10.1. The molecule has 0 N–H and O–H groups in total. The summed E-state index contributed by atoms with van der Waals surface area (Å²) in [5, 5.41) is 0. The Hall–Kier alpha value is -4.60. The van der Waals surface area contributed by atoms with Gasteiger partial charge in [0.2, 0.25) is 0 Å². The maximum atomic E-state index is 5.56. The highest BCUT2D eigenvalue weighted by molar-refractivity contribution is 5.72. The summed E-state index contributed by atoms with van der Waals surface area (Å²) in [7, 11) is 6.32. The van der Waals surface area contributed by atoms with Crippen LogP contribution in [0.5, 0.6) is 23.0 Å². The third kappa shape index (κ3) is 12.8. The zero-order valence-electron chi connectivity index (χ0n) is 27.5. The first-order valence-electron chi connectivity index (χ1n) is 14.7. The fourth-order valence-corrected chi connectivity index (χ4v) is 3.95. The molecule has 46 heavy (non-hydrogen) atoms. The molecule has 0 aliphatic heterocycles. The molecule has 4 rings (SSSR count). The lowest BCUT2D eigenvalue weighted by atomic mass is 10.1. The van der Waals surface area contributed by atoms with E-state index in [1.165, 1.54) is 11.1 Å². The summed E-state index contributed by atoms with van der Waals surface area (Å²) in [5.74, 6) is 2.48. The Kier molecular flexibility index (Phi) is 15.9. The van der Waals surface area contributed by atoms with E-state index in [4.69, 9.17) is 37.9 Å². The Morgan fingerprint density at radius 2 is 0.652 bits per heavy atom. The zero-order valence-corrected chi connectivity index (χ0v) is 27.5. The van der Waals surface area contributed by atoms with E-state index >= 15 is 0 Å². The van der Waals surface area contributed by atoms with Gasteiger partial charge in [-0.3, -0.25) is 0 Å². The van der Waals surface area contributed by atoms with Crippen LogP contribution in [0.25, 0.3) is 24.3 Å². The van der Waals surface area contributed by atoms with E-state index in [0.717, 1.165) is 22.3 Å². The number of rotatable bonds is 16. The van der Waals surface area contributed by atoms with Gasteiger partial charge < -0.3 is 37.9 Å². The maximum Gasteiger partial charge on any atom is 0.188 e. The number of ether oxygens (including phenoxy) is 8. The normalized spacial score (nSPS) is 10.9. The van der Waals surface area contributed by atoms with Crippen LogP contribution in [0.15, 0.2) is 84.9 Å². The average Bonchev–Trinajstić information content (AvgIpc) is 3.08. The fraction of sp³-hybridized carbons (Fsp3) is 0.263. The van der Waals surface area contributed by atoms with Crippen molar-refractivity contribution in [3.63, 3.8) is 0 Å². The Morgan fingerprint density at radius 3 is 0.978 bits per heavy atom. The minimum Gasteiger partial charge on any atom is -0.464 e. The first-order valence-corrected chi connectivity index (χ1v) is 14.7. The Labute approximate surface area is 272 Å². The van der Waals surface area contributed by atoms with Gasteiger partial charge in [-0.05, 0) is 60.4 Å². The molecule has 0 saturated heterocycles. The molecule has 0 heterocycles. The van der Waals surface area contributed by atoms with Crippen molar-refractivity contribution in [1.82, 2.24) is 0 Å². The van der Waals surface area contributed by atoms with Crippen molar-refractivity contribution in [2.45, 2.75) is 13.8 Å². The first-order chi connectivity index (χ1) is 22.4. The van der Waals surface area contributed by atoms with Crippen LogP contribution in [0.2, 0.25) is 0 Å². The second-order valence-electron chi connectivity index (χ2n) is 10.1. The van der Waals surface area contributed by atoms with Gasteiger partial charge >= 0.3 is 0 Å². The summed E-state index contributed by atoms with van der Waals surface area (Å²) >= 11 is 0. The molecular formula is C38H44O8. The van der Waals surface area contributed by atoms with Gasteiger partial charge in [-0.2, -0.15) is 0 Å². The summed E-state index contributed by atoms with van der Waals surface area (Å²) in [6.07, 6.45) is 8.18. The number of methoxy groups -OCH3 is 4. The van der Waals surface area contributed by atoms with Gasteiger partial charge in [0.05, 0.1) is 0 Å².